The number of urea groups is 1. The van der Waals surface area contributed by atoms with Crippen molar-refractivity contribution in [2.45, 2.75) is 54.9 Å². The minimum atomic E-state index is -6.71. The summed E-state index contributed by atoms with van der Waals surface area (Å²) in [7, 11) is -13.4. The lowest BCUT2D eigenvalue weighted by molar-refractivity contribution is -0.0473. The number of alkyl halides is 6. The third kappa shape index (κ3) is 5.90. The molecule has 15 heteroatoms. The Morgan fingerprint density at radius 1 is 0.840 bits per heavy atom. The van der Waals surface area contributed by atoms with Crippen LogP contribution < -0.4 is 10.6 Å². The van der Waals surface area contributed by atoms with Crippen molar-refractivity contribution in [3.63, 3.8) is 0 Å². The summed E-state index contributed by atoms with van der Waals surface area (Å²) in [6.45, 7) is 3.86. The summed E-state index contributed by atoms with van der Waals surface area (Å²) in [5.74, 6) is 0. The number of hydrogen-bond donors (Lipinski definition) is 2. The Balaban J connectivity index is 5.79. The van der Waals surface area contributed by atoms with Gasteiger partial charge in [-0.1, -0.05) is 0 Å². The topological polar surface area (TPSA) is 109 Å². The van der Waals surface area contributed by atoms with Crippen LogP contribution >= 0.6 is 0 Å². The van der Waals surface area contributed by atoms with E-state index in [9.17, 15) is 48.0 Å². The van der Waals surface area contributed by atoms with Crippen LogP contribution in [0.4, 0.5) is 31.1 Å². The molecular formula is C10H16F6N2O5S2. The van der Waals surface area contributed by atoms with E-state index in [1.54, 1.807) is 0 Å². The van der Waals surface area contributed by atoms with Crippen molar-refractivity contribution in [2.24, 2.45) is 0 Å². The van der Waals surface area contributed by atoms with Gasteiger partial charge in [-0.3, -0.25) is 0 Å². The fraction of sp³-hybridized carbons (Fsp3) is 0.900. The van der Waals surface area contributed by atoms with E-state index >= 15 is 0 Å². The van der Waals surface area contributed by atoms with Gasteiger partial charge in [0.2, 0.25) is 0 Å². The van der Waals surface area contributed by atoms with Gasteiger partial charge in [-0.05, 0) is 27.2 Å². The Morgan fingerprint density at radius 2 is 1.20 bits per heavy atom. The minimum Gasteiger partial charge on any atom is -0.336 e. The zero-order chi connectivity index (χ0) is 20.4. The van der Waals surface area contributed by atoms with E-state index in [0.717, 1.165) is 6.92 Å². The van der Waals surface area contributed by atoms with Gasteiger partial charge in [-0.15, -0.1) is 0 Å². The Kier molecular flexibility index (Phi) is 7.17. The lowest BCUT2D eigenvalue weighted by atomic mass is 10.2. The first kappa shape index (κ1) is 23.8. The summed E-state index contributed by atoms with van der Waals surface area (Å²) < 4.78 is 117. The molecule has 0 heterocycles. The number of halogens is 6. The molecule has 7 nitrogen and oxygen atoms in total. The fourth-order valence-electron chi connectivity index (χ4n) is 1.59. The monoisotopic (exact) mass is 422 g/mol. The number of amides is 2. The normalized spacial score (nSPS) is 15.3. The minimum absolute atomic E-state index is 0.444. The van der Waals surface area contributed by atoms with Gasteiger partial charge in [0.25, 0.3) is 19.7 Å². The predicted molar refractivity (Wildman–Crippen MR) is 74.6 cm³/mol. The van der Waals surface area contributed by atoms with Gasteiger partial charge in [0, 0.05) is 12.1 Å². The molecule has 0 saturated carbocycles. The average Bonchev–Trinajstić information content (AvgIpc) is 2.31. The van der Waals surface area contributed by atoms with Crippen molar-refractivity contribution in [3.05, 3.63) is 0 Å². The number of carbonyl (C=O) groups excluding carboxylic acids is 1. The van der Waals surface area contributed by atoms with E-state index < -0.39 is 59.8 Å². The second kappa shape index (κ2) is 7.55. The highest BCUT2D eigenvalue weighted by Gasteiger charge is 2.62. The number of rotatable bonds is 6. The largest absolute Gasteiger partial charge is 0.498 e. The Bertz CT molecular complexity index is 640. The van der Waals surface area contributed by atoms with Gasteiger partial charge in [0.15, 0.2) is 4.58 Å². The van der Waals surface area contributed by atoms with Crippen molar-refractivity contribution < 1.29 is 48.0 Å². The standard InChI is InChI=1S/C10H16F6N2O5S2/c1-5(2)17-8(19)18-6(3)4-7(24(20,21)9(11,12)13)25(22,23)10(14,15)16/h5-7H,4H2,1-3H3,(H2,17,18,19). The van der Waals surface area contributed by atoms with E-state index in [2.05, 4.69) is 5.32 Å². The van der Waals surface area contributed by atoms with Crippen molar-refractivity contribution >= 4 is 25.7 Å². The van der Waals surface area contributed by atoms with Gasteiger partial charge in [-0.25, -0.2) is 21.6 Å². The summed E-state index contributed by atoms with van der Waals surface area (Å²) >= 11 is 0. The first-order valence-electron chi connectivity index (χ1n) is 6.51. The van der Waals surface area contributed by atoms with Crippen LogP contribution in [-0.4, -0.2) is 50.5 Å². The highest BCUT2D eigenvalue weighted by molar-refractivity contribution is 8.09. The van der Waals surface area contributed by atoms with Crippen LogP contribution in [0, 0.1) is 0 Å². The smallest absolute Gasteiger partial charge is 0.336 e. The molecule has 0 saturated heterocycles. The van der Waals surface area contributed by atoms with Crippen LogP contribution in [0.25, 0.3) is 0 Å². The SMILES string of the molecule is CC(C)NC(=O)NC(C)CC(S(=O)(=O)C(F)(F)F)S(=O)(=O)C(F)(F)F. The van der Waals surface area contributed by atoms with Gasteiger partial charge in [-0.2, -0.15) is 26.3 Å². The summed E-state index contributed by atoms with van der Waals surface area (Å²) in [4.78, 5) is 11.4. The molecule has 25 heavy (non-hydrogen) atoms. The maximum atomic E-state index is 12.6. The van der Waals surface area contributed by atoms with E-state index in [1.165, 1.54) is 13.8 Å². The van der Waals surface area contributed by atoms with Crippen molar-refractivity contribution in [1.82, 2.24) is 10.6 Å². The van der Waals surface area contributed by atoms with Crippen LogP contribution in [0.15, 0.2) is 0 Å². The molecule has 0 aromatic heterocycles. The third-order valence-corrected chi connectivity index (χ3v) is 7.26. The van der Waals surface area contributed by atoms with Crippen molar-refractivity contribution in [2.75, 3.05) is 0 Å². The Hall–Kier alpha value is -1.25. The lowest BCUT2D eigenvalue weighted by Gasteiger charge is -2.24. The quantitative estimate of drug-likeness (QED) is 0.633. The molecule has 0 aliphatic carbocycles. The average molecular weight is 422 g/mol. The Labute approximate surface area is 140 Å². The molecule has 2 amide bonds. The third-order valence-electron chi connectivity index (χ3n) is 2.68. The molecule has 0 aliphatic rings. The summed E-state index contributed by atoms with van der Waals surface area (Å²) in [6.07, 6.45) is -1.64. The molecular weight excluding hydrogens is 406 g/mol. The van der Waals surface area contributed by atoms with Crippen LogP contribution in [-0.2, 0) is 19.7 Å². The van der Waals surface area contributed by atoms with Crippen molar-refractivity contribution in [3.8, 4) is 0 Å². The van der Waals surface area contributed by atoms with Crippen LogP contribution in [0.2, 0.25) is 0 Å². The van der Waals surface area contributed by atoms with E-state index in [-0.39, 0.29) is 0 Å². The molecule has 0 spiro atoms. The molecule has 0 rings (SSSR count). The molecule has 0 aromatic carbocycles. The van der Waals surface area contributed by atoms with Gasteiger partial charge < -0.3 is 10.6 Å². The number of hydrogen-bond acceptors (Lipinski definition) is 5. The zero-order valence-electron chi connectivity index (χ0n) is 13.1. The van der Waals surface area contributed by atoms with E-state index in [4.69, 9.17) is 0 Å². The van der Waals surface area contributed by atoms with Gasteiger partial charge in [0.05, 0.1) is 0 Å². The van der Waals surface area contributed by atoms with Crippen LogP contribution in [0.5, 0.6) is 0 Å². The number of nitrogens with one attached hydrogen (secondary N) is 2. The van der Waals surface area contributed by atoms with Crippen molar-refractivity contribution in [1.29, 1.82) is 0 Å². The molecule has 150 valence electrons. The molecule has 0 aliphatic heterocycles. The Morgan fingerprint density at radius 3 is 1.48 bits per heavy atom. The first-order chi connectivity index (χ1) is 10.8. The number of carbonyl (C=O) groups is 1. The molecule has 0 radical (unpaired) electrons. The molecule has 1 unspecified atom stereocenters. The second-order valence-corrected chi connectivity index (χ2v) is 9.86. The number of sulfone groups is 2. The zero-order valence-corrected chi connectivity index (χ0v) is 14.7. The second-order valence-electron chi connectivity index (χ2n) is 5.32. The van der Waals surface area contributed by atoms with Crippen LogP contribution in [0.3, 0.4) is 0 Å². The van der Waals surface area contributed by atoms with Crippen LogP contribution in [0.1, 0.15) is 27.2 Å². The van der Waals surface area contributed by atoms with E-state index in [0.29, 0.717) is 0 Å². The summed E-state index contributed by atoms with van der Waals surface area (Å²) in [5.41, 5.74) is -12.5. The molecule has 0 bridgehead atoms. The van der Waals surface area contributed by atoms with E-state index in [1.807, 2.05) is 5.32 Å². The first-order valence-corrected chi connectivity index (χ1v) is 9.60. The molecule has 0 aromatic rings. The maximum Gasteiger partial charge on any atom is 0.498 e. The molecule has 2 N–H and O–H groups in total. The lowest BCUT2D eigenvalue weighted by Crippen LogP contribution is -2.50. The highest BCUT2D eigenvalue weighted by atomic mass is 32.3. The molecule has 0 fully saturated rings. The summed E-state index contributed by atoms with van der Waals surface area (Å²) in [6, 6.07) is -3.09. The highest BCUT2D eigenvalue weighted by Crippen LogP contribution is 2.38. The molecule has 1 atom stereocenters. The summed E-state index contributed by atoms with van der Waals surface area (Å²) in [5, 5.41) is 4.07. The maximum absolute atomic E-state index is 12.6. The van der Waals surface area contributed by atoms with Gasteiger partial charge >= 0.3 is 17.0 Å². The van der Waals surface area contributed by atoms with Gasteiger partial charge in [0.1, 0.15) is 0 Å². The fourth-order valence-corrected chi connectivity index (χ4v) is 5.26. The predicted octanol–water partition coefficient (Wildman–Crippen LogP) is 1.67.